The number of carbonyl (C=O) groups is 1. The quantitative estimate of drug-likeness (QED) is 0.468. The highest BCUT2D eigenvalue weighted by Crippen LogP contribution is 2.34. The molecule has 1 N–H and O–H groups in total. The highest BCUT2D eigenvalue weighted by molar-refractivity contribution is 5.59. The number of benzene rings is 1. The van der Waals surface area contributed by atoms with Gasteiger partial charge >= 0.3 is 0 Å². The number of pyridine rings is 1. The van der Waals surface area contributed by atoms with Crippen molar-refractivity contribution < 1.29 is 4.79 Å². The minimum atomic E-state index is -0.163. The van der Waals surface area contributed by atoms with Gasteiger partial charge in [0.2, 0.25) is 0 Å². The predicted molar refractivity (Wildman–Crippen MR) is 132 cm³/mol. The maximum atomic E-state index is 12.5. The van der Waals surface area contributed by atoms with E-state index < -0.39 is 0 Å². The molecule has 3 rings (SSSR count). The Morgan fingerprint density at radius 3 is 2.25 bits per heavy atom. The van der Waals surface area contributed by atoms with Gasteiger partial charge in [0, 0.05) is 11.9 Å². The van der Waals surface area contributed by atoms with Gasteiger partial charge in [-0.1, -0.05) is 70.0 Å². The summed E-state index contributed by atoms with van der Waals surface area (Å²) in [7, 11) is 2.06. The number of hydrogen-bond acceptors (Lipinski definition) is 4. The van der Waals surface area contributed by atoms with Crippen molar-refractivity contribution in [3.63, 3.8) is 0 Å². The number of nitrogens with zero attached hydrogens (tertiary/aromatic N) is 2. The van der Waals surface area contributed by atoms with E-state index in [0.717, 1.165) is 37.8 Å². The minimum absolute atomic E-state index is 0.163. The lowest BCUT2D eigenvalue weighted by Crippen LogP contribution is -2.48. The van der Waals surface area contributed by atoms with Crippen LogP contribution in [-0.4, -0.2) is 35.3 Å². The van der Waals surface area contributed by atoms with Crippen molar-refractivity contribution in [1.82, 2.24) is 15.2 Å². The van der Waals surface area contributed by atoms with Crippen LogP contribution in [0.3, 0.4) is 0 Å². The predicted octanol–water partition coefficient (Wildman–Crippen LogP) is 5.18. The van der Waals surface area contributed by atoms with E-state index in [2.05, 4.69) is 79.4 Å². The van der Waals surface area contributed by atoms with Gasteiger partial charge in [0.1, 0.15) is 6.29 Å². The van der Waals surface area contributed by atoms with Crippen LogP contribution < -0.4 is 5.32 Å². The van der Waals surface area contributed by atoms with Crippen molar-refractivity contribution in [2.24, 2.45) is 11.8 Å². The van der Waals surface area contributed by atoms with Gasteiger partial charge in [-0.2, -0.15) is 0 Å². The lowest BCUT2D eigenvalue weighted by Gasteiger charge is -2.41. The molecule has 1 aromatic heterocycles. The number of rotatable bonds is 12. The van der Waals surface area contributed by atoms with Gasteiger partial charge in [0.05, 0.1) is 24.3 Å². The molecule has 0 spiro atoms. The van der Waals surface area contributed by atoms with Gasteiger partial charge in [-0.25, -0.2) is 0 Å². The van der Waals surface area contributed by atoms with Crippen LogP contribution in [0.15, 0.2) is 60.4 Å². The molecule has 4 nitrogen and oxygen atoms in total. The molecule has 0 saturated carbocycles. The van der Waals surface area contributed by atoms with Crippen LogP contribution in [0.25, 0.3) is 0 Å². The molecule has 0 aliphatic heterocycles. The van der Waals surface area contributed by atoms with E-state index >= 15 is 0 Å². The lowest BCUT2D eigenvalue weighted by molar-refractivity contribution is -0.114. The third-order valence-corrected chi connectivity index (χ3v) is 7.02. The summed E-state index contributed by atoms with van der Waals surface area (Å²) < 4.78 is 0. The Morgan fingerprint density at radius 2 is 1.75 bits per heavy atom. The topological polar surface area (TPSA) is 45.2 Å². The number of nitrogens with one attached hydrogen (secondary N) is 1. The van der Waals surface area contributed by atoms with Gasteiger partial charge in [-0.3, -0.25) is 4.98 Å². The van der Waals surface area contributed by atoms with Crippen molar-refractivity contribution in [2.45, 2.75) is 71.5 Å². The number of aldehydes is 1. The monoisotopic (exact) mass is 433 g/mol. The molecular formula is C28H39N3O. The number of likely N-dealkylation sites (N-methyl/N-ethyl adjacent to an activating group) is 1. The number of fused-ring (bicyclic) bond motifs is 1. The third kappa shape index (κ3) is 5.47. The molecule has 2 atom stereocenters. The highest BCUT2D eigenvalue weighted by Gasteiger charge is 2.35. The Morgan fingerprint density at radius 1 is 1.09 bits per heavy atom. The fourth-order valence-electron chi connectivity index (χ4n) is 5.33. The van der Waals surface area contributed by atoms with Crippen molar-refractivity contribution >= 4 is 6.29 Å². The molecule has 2 unspecified atom stereocenters. The maximum absolute atomic E-state index is 12.5. The van der Waals surface area contributed by atoms with Crippen LogP contribution in [0.2, 0.25) is 0 Å². The van der Waals surface area contributed by atoms with Gasteiger partial charge in [0.25, 0.3) is 0 Å². The first-order valence-electron chi connectivity index (χ1n) is 12.2. The number of aromatic nitrogens is 1. The standard InChI is InChI=1S/C28H39N3O/c1-5-12-26(28(29-4)24-17-22-13-8-9-14-23(22)18-24)31(19-25-15-10-11-16-30-25)27(20-32)21(6-2)7-3/h8-16,20-21,24,27-29H,5-7,17-19H2,1-4H3/b26-12+. The maximum Gasteiger partial charge on any atom is 0.142 e. The first-order valence-corrected chi connectivity index (χ1v) is 12.2. The van der Waals surface area contributed by atoms with E-state index in [1.54, 1.807) is 0 Å². The second-order valence-electron chi connectivity index (χ2n) is 8.89. The van der Waals surface area contributed by atoms with Gasteiger partial charge in [-0.05, 0) is 61.4 Å². The van der Waals surface area contributed by atoms with E-state index in [0.29, 0.717) is 18.4 Å². The Hall–Kier alpha value is -2.46. The average Bonchev–Trinajstić information content (AvgIpc) is 3.26. The molecule has 0 saturated heterocycles. The molecule has 32 heavy (non-hydrogen) atoms. The average molecular weight is 434 g/mol. The Labute approximate surface area is 194 Å². The summed E-state index contributed by atoms with van der Waals surface area (Å²) in [6, 6.07) is 14.9. The number of allylic oxidation sites excluding steroid dienone is 1. The van der Waals surface area contributed by atoms with Crippen molar-refractivity contribution in [3.8, 4) is 0 Å². The fraction of sp³-hybridized carbons (Fsp3) is 0.500. The van der Waals surface area contributed by atoms with E-state index in [9.17, 15) is 4.79 Å². The molecule has 4 heteroatoms. The van der Waals surface area contributed by atoms with Gasteiger partial charge in [0.15, 0.2) is 0 Å². The zero-order valence-corrected chi connectivity index (χ0v) is 20.1. The molecule has 0 amide bonds. The molecule has 0 fully saturated rings. The van der Waals surface area contributed by atoms with Crippen LogP contribution in [0.4, 0.5) is 0 Å². The van der Waals surface area contributed by atoms with Crippen LogP contribution in [0.5, 0.6) is 0 Å². The van der Waals surface area contributed by atoms with E-state index in [4.69, 9.17) is 0 Å². The highest BCUT2D eigenvalue weighted by atomic mass is 16.1. The summed E-state index contributed by atoms with van der Waals surface area (Å²) in [6.45, 7) is 7.21. The molecule has 1 aliphatic rings. The molecule has 1 aromatic carbocycles. The molecule has 0 radical (unpaired) electrons. The SMILES string of the molecule is CC/C=C(\C(NC)C1Cc2ccccc2C1)N(Cc1ccccn1)C(C=O)C(CC)CC. The molecule has 2 aromatic rings. The van der Waals surface area contributed by atoms with Crippen LogP contribution in [0.1, 0.15) is 56.9 Å². The zero-order chi connectivity index (χ0) is 22.9. The van der Waals surface area contributed by atoms with Crippen LogP contribution in [-0.2, 0) is 24.2 Å². The Kier molecular flexibility index (Phi) is 9.04. The summed E-state index contributed by atoms with van der Waals surface area (Å²) >= 11 is 0. The minimum Gasteiger partial charge on any atom is -0.358 e. The smallest absolute Gasteiger partial charge is 0.142 e. The first-order chi connectivity index (χ1) is 15.7. The fourth-order valence-corrected chi connectivity index (χ4v) is 5.33. The van der Waals surface area contributed by atoms with Gasteiger partial charge in [-0.15, -0.1) is 0 Å². The second-order valence-corrected chi connectivity index (χ2v) is 8.89. The second kappa shape index (κ2) is 12.0. The lowest BCUT2D eigenvalue weighted by atomic mass is 9.88. The first kappa shape index (κ1) is 24.2. The van der Waals surface area contributed by atoms with E-state index in [1.165, 1.54) is 23.1 Å². The third-order valence-electron chi connectivity index (χ3n) is 7.02. The summed E-state index contributed by atoms with van der Waals surface area (Å²) in [4.78, 5) is 19.5. The van der Waals surface area contributed by atoms with Crippen LogP contribution >= 0.6 is 0 Å². The van der Waals surface area contributed by atoms with Crippen molar-refractivity contribution in [3.05, 3.63) is 77.3 Å². The van der Waals surface area contributed by atoms with Gasteiger partial charge < -0.3 is 15.0 Å². The summed E-state index contributed by atoms with van der Waals surface area (Å²) in [5, 5.41) is 3.64. The van der Waals surface area contributed by atoms with Crippen molar-refractivity contribution in [1.29, 1.82) is 0 Å². The summed E-state index contributed by atoms with van der Waals surface area (Å²) in [5.41, 5.74) is 5.15. The Balaban J connectivity index is 1.99. The van der Waals surface area contributed by atoms with Crippen LogP contribution in [0, 0.1) is 11.8 Å². The molecule has 0 bridgehead atoms. The zero-order valence-electron chi connectivity index (χ0n) is 20.1. The number of hydrogen-bond donors (Lipinski definition) is 1. The molecular weight excluding hydrogens is 394 g/mol. The van der Waals surface area contributed by atoms with E-state index in [-0.39, 0.29) is 12.1 Å². The Bertz CT molecular complexity index is 850. The normalized spacial score (nSPS) is 16.1. The molecule has 1 heterocycles. The van der Waals surface area contributed by atoms with E-state index in [1.807, 2.05) is 18.3 Å². The number of carbonyl (C=O) groups excluding carboxylic acids is 1. The van der Waals surface area contributed by atoms with Crippen molar-refractivity contribution in [2.75, 3.05) is 7.05 Å². The largest absolute Gasteiger partial charge is 0.358 e. The molecule has 1 aliphatic carbocycles. The molecule has 172 valence electrons. The summed E-state index contributed by atoms with van der Waals surface area (Å²) in [6.07, 6.45) is 10.4. The summed E-state index contributed by atoms with van der Waals surface area (Å²) in [5.74, 6) is 0.783.